The van der Waals surface area contributed by atoms with E-state index in [-0.39, 0.29) is 33.7 Å². The van der Waals surface area contributed by atoms with E-state index in [2.05, 4.69) is 19.7 Å². The molecule has 156 valence electrons. The van der Waals surface area contributed by atoms with Gasteiger partial charge in [-0.1, -0.05) is 0 Å². The van der Waals surface area contributed by atoms with Crippen LogP contribution >= 0.6 is 0 Å². The number of fused-ring (bicyclic) bond motifs is 1. The van der Waals surface area contributed by atoms with Crippen LogP contribution in [-0.2, 0) is 16.9 Å². The number of pyridine rings is 1. The van der Waals surface area contributed by atoms with Gasteiger partial charge in [0, 0.05) is 29.0 Å². The highest BCUT2D eigenvalue weighted by molar-refractivity contribution is 7.90. The monoisotopic (exact) mass is 427 g/mol. The Kier molecular flexibility index (Phi) is 6.28. The molecule has 3 rings (SSSR count). The molecule has 0 amide bonds. The lowest BCUT2D eigenvalue weighted by Gasteiger charge is -2.13. The molecule has 1 N–H and O–H groups in total. The quantitative estimate of drug-likeness (QED) is 0.551. The highest BCUT2D eigenvalue weighted by atomic mass is 32.2. The number of halogens is 2. The Hall–Kier alpha value is -2.79. The Balaban J connectivity index is 2.02. The van der Waals surface area contributed by atoms with Gasteiger partial charge in [-0.15, -0.1) is 0 Å². The fourth-order valence-corrected chi connectivity index (χ4v) is 3.92. The second-order valence-corrected chi connectivity index (χ2v) is 7.20. The Morgan fingerprint density at radius 1 is 1.14 bits per heavy atom. The standard InChI is InChI=1S/C18H19F2N3O5S/c1-9-11(21-6-5-12(9)25-2)8-29(24)18-22-10-7-13(26-3)15(27-4)16(14(10)23-18)28-17(19)20/h5-7,17H,8H2,1-4H3,(H,22,23). The SMILES string of the molecule is COc1ccnc(C[S+]([O-])c2nc3c(OC(F)F)c(OC)c(OC)cc3[nH]2)c1C. The zero-order valence-electron chi connectivity index (χ0n) is 16.1. The van der Waals surface area contributed by atoms with Gasteiger partial charge in [0.25, 0.3) is 0 Å². The third kappa shape index (κ3) is 4.15. The van der Waals surface area contributed by atoms with Crippen LogP contribution in [0.2, 0.25) is 0 Å². The number of nitrogens with zero attached hydrogens (tertiary/aromatic N) is 2. The van der Waals surface area contributed by atoms with Crippen molar-refractivity contribution >= 4 is 22.2 Å². The van der Waals surface area contributed by atoms with Crippen LogP contribution in [0.25, 0.3) is 11.0 Å². The number of rotatable bonds is 8. The molecule has 0 spiro atoms. The molecule has 1 atom stereocenters. The van der Waals surface area contributed by atoms with E-state index < -0.39 is 17.8 Å². The first-order valence-corrected chi connectivity index (χ1v) is 9.67. The predicted molar refractivity (Wildman–Crippen MR) is 101 cm³/mol. The van der Waals surface area contributed by atoms with Crippen molar-refractivity contribution in [2.45, 2.75) is 24.4 Å². The average Bonchev–Trinajstić information content (AvgIpc) is 3.13. The number of aromatic amines is 1. The van der Waals surface area contributed by atoms with Crippen LogP contribution in [0.4, 0.5) is 8.78 Å². The molecule has 29 heavy (non-hydrogen) atoms. The third-order valence-electron chi connectivity index (χ3n) is 4.22. The Bertz CT molecular complexity index is 1010. The summed E-state index contributed by atoms with van der Waals surface area (Å²) in [6.07, 6.45) is 1.56. The number of ether oxygens (including phenoxy) is 4. The number of imidazole rings is 1. The molecule has 3 aromatic rings. The number of alkyl halides is 2. The zero-order valence-corrected chi connectivity index (χ0v) is 16.9. The maximum Gasteiger partial charge on any atom is 0.387 e. The van der Waals surface area contributed by atoms with Gasteiger partial charge in [0.1, 0.15) is 11.3 Å². The van der Waals surface area contributed by atoms with Crippen LogP contribution in [0.5, 0.6) is 23.0 Å². The van der Waals surface area contributed by atoms with Gasteiger partial charge >= 0.3 is 11.8 Å². The van der Waals surface area contributed by atoms with Gasteiger partial charge in [-0.2, -0.15) is 13.8 Å². The topological polar surface area (TPSA) is 102 Å². The molecule has 0 aliphatic rings. The normalized spacial score (nSPS) is 12.3. The molecule has 0 fully saturated rings. The molecule has 1 unspecified atom stereocenters. The van der Waals surface area contributed by atoms with Crippen LogP contribution < -0.4 is 18.9 Å². The molecule has 11 heteroatoms. The molecule has 0 radical (unpaired) electrons. The van der Waals surface area contributed by atoms with E-state index in [4.69, 9.17) is 14.2 Å². The van der Waals surface area contributed by atoms with Gasteiger partial charge in [0.2, 0.25) is 5.75 Å². The number of hydrogen-bond donors (Lipinski definition) is 1. The van der Waals surface area contributed by atoms with Crippen molar-refractivity contribution in [2.24, 2.45) is 0 Å². The Morgan fingerprint density at radius 3 is 2.48 bits per heavy atom. The number of H-pyrrole nitrogens is 1. The van der Waals surface area contributed by atoms with E-state index in [1.54, 1.807) is 19.2 Å². The zero-order chi connectivity index (χ0) is 21.1. The molecule has 0 saturated heterocycles. The van der Waals surface area contributed by atoms with Crippen LogP contribution in [0.3, 0.4) is 0 Å². The molecule has 1 aromatic carbocycles. The first kappa shape index (κ1) is 20.9. The largest absolute Gasteiger partial charge is 0.609 e. The molecule has 2 aromatic heterocycles. The number of benzene rings is 1. The Morgan fingerprint density at radius 2 is 1.86 bits per heavy atom. The molecular weight excluding hydrogens is 408 g/mol. The maximum absolute atomic E-state index is 12.9. The lowest BCUT2D eigenvalue weighted by atomic mass is 10.2. The maximum atomic E-state index is 12.9. The van der Waals surface area contributed by atoms with Crippen molar-refractivity contribution in [1.29, 1.82) is 0 Å². The van der Waals surface area contributed by atoms with Crippen molar-refractivity contribution in [3.63, 3.8) is 0 Å². The first-order chi connectivity index (χ1) is 13.9. The Labute approximate surface area is 168 Å². The molecule has 0 saturated carbocycles. The fourth-order valence-electron chi connectivity index (χ4n) is 2.83. The van der Waals surface area contributed by atoms with E-state index in [0.29, 0.717) is 17.0 Å². The third-order valence-corrected chi connectivity index (χ3v) is 5.38. The van der Waals surface area contributed by atoms with Gasteiger partial charge in [-0.25, -0.2) is 0 Å². The average molecular weight is 427 g/mol. The van der Waals surface area contributed by atoms with E-state index in [9.17, 15) is 13.3 Å². The van der Waals surface area contributed by atoms with E-state index in [1.807, 2.05) is 0 Å². The van der Waals surface area contributed by atoms with Gasteiger partial charge in [-0.3, -0.25) is 9.97 Å². The van der Waals surface area contributed by atoms with Gasteiger partial charge in [0.05, 0.1) is 32.5 Å². The number of nitrogens with one attached hydrogen (secondary N) is 1. The minimum atomic E-state index is -3.10. The second kappa shape index (κ2) is 8.70. The number of hydrogen-bond acceptors (Lipinski definition) is 7. The van der Waals surface area contributed by atoms with Crippen molar-refractivity contribution < 1.29 is 32.3 Å². The highest BCUT2D eigenvalue weighted by Gasteiger charge is 2.26. The molecule has 0 bridgehead atoms. The lowest BCUT2D eigenvalue weighted by molar-refractivity contribution is -0.0503. The molecular formula is C18H19F2N3O5S. The summed E-state index contributed by atoms with van der Waals surface area (Å²) in [6.45, 7) is -1.30. The van der Waals surface area contributed by atoms with E-state index >= 15 is 0 Å². The summed E-state index contributed by atoms with van der Waals surface area (Å²) in [7, 11) is 4.20. The summed E-state index contributed by atoms with van der Waals surface area (Å²) in [5, 5.41) is 0.0819. The first-order valence-electron chi connectivity index (χ1n) is 8.35. The summed E-state index contributed by atoms with van der Waals surface area (Å²) in [6, 6.07) is 3.21. The van der Waals surface area contributed by atoms with Gasteiger partial charge in [0.15, 0.2) is 17.3 Å². The van der Waals surface area contributed by atoms with E-state index in [0.717, 1.165) is 5.56 Å². The van der Waals surface area contributed by atoms with Crippen LogP contribution in [-0.4, -0.2) is 47.4 Å². The molecule has 2 heterocycles. The van der Waals surface area contributed by atoms with Crippen molar-refractivity contribution in [1.82, 2.24) is 15.0 Å². The van der Waals surface area contributed by atoms with E-state index in [1.165, 1.54) is 27.4 Å². The van der Waals surface area contributed by atoms with Crippen LogP contribution in [0.1, 0.15) is 11.3 Å². The number of aromatic nitrogens is 3. The predicted octanol–water partition coefficient (Wildman–Crippen LogP) is 3.20. The minimum Gasteiger partial charge on any atom is -0.609 e. The molecule has 8 nitrogen and oxygen atoms in total. The summed E-state index contributed by atoms with van der Waals surface area (Å²) in [4.78, 5) is 11.3. The van der Waals surface area contributed by atoms with Crippen molar-refractivity contribution in [2.75, 3.05) is 21.3 Å². The summed E-state index contributed by atoms with van der Waals surface area (Å²) < 4.78 is 58.9. The van der Waals surface area contributed by atoms with Crippen molar-refractivity contribution in [3.05, 3.63) is 29.6 Å². The summed E-state index contributed by atoms with van der Waals surface area (Å²) in [5.41, 5.74) is 1.70. The summed E-state index contributed by atoms with van der Waals surface area (Å²) in [5.74, 6) is 0.518. The van der Waals surface area contributed by atoms with Crippen LogP contribution in [0.15, 0.2) is 23.5 Å². The number of methoxy groups -OCH3 is 3. The lowest BCUT2D eigenvalue weighted by Crippen LogP contribution is -2.10. The molecule has 0 aliphatic heterocycles. The fraction of sp³-hybridized carbons (Fsp3) is 0.333. The van der Waals surface area contributed by atoms with Gasteiger partial charge in [-0.05, 0) is 13.0 Å². The summed E-state index contributed by atoms with van der Waals surface area (Å²) >= 11 is -1.64. The van der Waals surface area contributed by atoms with Crippen molar-refractivity contribution in [3.8, 4) is 23.0 Å². The van der Waals surface area contributed by atoms with Crippen LogP contribution in [0, 0.1) is 6.92 Å². The van der Waals surface area contributed by atoms with Gasteiger partial charge < -0.3 is 23.5 Å². The smallest absolute Gasteiger partial charge is 0.387 e. The highest BCUT2D eigenvalue weighted by Crippen LogP contribution is 2.43. The second-order valence-electron chi connectivity index (χ2n) is 5.83. The molecule has 0 aliphatic carbocycles. The minimum absolute atomic E-state index is 0.0329.